The first kappa shape index (κ1) is 18.5. The second-order valence-corrected chi connectivity index (χ2v) is 5.78. The Labute approximate surface area is 150 Å². The first-order valence-electron chi connectivity index (χ1n) is 7.61. The Bertz CT molecular complexity index is 773. The first-order valence-corrected chi connectivity index (χ1v) is 7.99. The van der Waals surface area contributed by atoms with Gasteiger partial charge in [0.05, 0.1) is 23.0 Å². The van der Waals surface area contributed by atoms with E-state index in [0.717, 1.165) is 11.3 Å². The van der Waals surface area contributed by atoms with Gasteiger partial charge in [0.2, 0.25) is 0 Å². The third-order valence-corrected chi connectivity index (χ3v) is 3.29. The van der Waals surface area contributed by atoms with Crippen LogP contribution in [0.4, 0.5) is 5.69 Å². The molecule has 0 aromatic heterocycles. The van der Waals surface area contributed by atoms with E-state index in [0.29, 0.717) is 10.7 Å². The highest BCUT2D eigenvalue weighted by molar-refractivity contribution is 6.41. The fourth-order valence-corrected chi connectivity index (χ4v) is 2.05. The summed E-state index contributed by atoms with van der Waals surface area (Å²) >= 11 is 5.92. The predicted octanol–water partition coefficient (Wildman–Crippen LogP) is 3.22. The molecule has 2 aromatic carbocycles. The van der Waals surface area contributed by atoms with Crippen molar-refractivity contribution in [3.8, 4) is 5.75 Å². The number of carbonyl (C=O) groups excluding carboxylic acids is 2. The van der Waals surface area contributed by atoms with Crippen molar-refractivity contribution in [2.24, 2.45) is 5.10 Å². The van der Waals surface area contributed by atoms with E-state index in [1.807, 2.05) is 13.8 Å². The molecule has 0 atom stereocenters. The third-order valence-electron chi connectivity index (χ3n) is 2.96. The quantitative estimate of drug-likeness (QED) is 0.488. The van der Waals surface area contributed by atoms with Crippen molar-refractivity contribution in [3.05, 3.63) is 59.1 Å². The van der Waals surface area contributed by atoms with E-state index in [1.54, 1.807) is 48.5 Å². The predicted molar refractivity (Wildman–Crippen MR) is 98.0 cm³/mol. The number of rotatable bonds is 5. The zero-order chi connectivity index (χ0) is 18.2. The van der Waals surface area contributed by atoms with E-state index in [9.17, 15) is 9.59 Å². The topological polar surface area (TPSA) is 79.8 Å². The van der Waals surface area contributed by atoms with Gasteiger partial charge in [-0.3, -0.25) is 9.59 Å². The minimum Gasteiger partial charge on any atom is -0.491 e. The Hall–Kier alpha value is -2.86. The van der Waals surface area contributed by atoms with Gasteiger partial charge in [-0.25, -0.2) is 5.43 Å². The van der Waals surface area contributed by atoms with Crippen molar-refractivity contribution in [3.63, 3.8) is 0 Å². The number of amides is 2. The fourth-order valence-electron chi connectivity index (χ4n) is 1.86. The Balaban J connectivity index is 1.87. The molecule has 0 unspecified atom stereocenters. The largest absolute Gasteiger partial charge is 0.491 e. The smallest absolute Gasteiger partial charge is 0.329 e. The molecule has 2 amide bonds. The lowest BCUT2D eigenvalue weighted by Gasteiger charge is -2.09. The molecule has 0 fully saturated rings. The lowest BCUT2D eigenvalue weighted by atomic mass is 10.2. The average Bonchev–Trinajstić information content (AvgIpc) is 2.58. The zero-order valence-electron chi connectivity index (χ0n) is 13.8. The van der Waals surface area contributed by atoms with Gasteiger partial charge in [0.25, 0.3) is 0 Å². The van der Waals surface area contributed by atoms with Gasteiger partial charge in [-0.15, -0.1) is 0 Å². The number of hydrogen-bond acceptors (Lipinski definition) is 4. The minimum atomic E-state index is -0.893. The van der Waals surface area contributed by atoms with Crippen LogP contribution in [-0.2, 0) is 9.59 Å². The summed E-state index contributed by atoms with van der Waals surface area (Å²) < 4.78 is 5.53. The molecule has 0 saturated carbocycles. The van der Waals surface area contributed by atoms with Crippen molar-refractivity contribution < 1.29 is 14.3 Å². The Morgan fingerprint density at radius 1 is 1.08 bits per heavy atom. The van der Waals surface area contributed by atoms with E-state index < -0.39 is 11.8 Å². The van der Waals surface area contributed by atoms with Crippen LogP contribution in [-0.4, -0.2) is 24.1 Å². The fraction of sp³-hybridized carbons (Fsp3) is 0.167. The van der Waals surface area contributed by atoms with Gasteiger partial charge in [0, 0.05) is 0 Å². The summed E-state index contributed by atoms with van der Waals surface area (Å²) in [5.41, 5.74) is 3.27. The molecule has 0 heterocycles. The van der Waals surface area contributed by atoms with E-state index in [4.69, 9.17) is 16.3 Å². The molecule has 7 heteroatoms. The summed E-state index contributed by atoms with van der Waals surface area (Å²) in [7, 11) is 0. The highest BCUT2D eigenvalue weighted by atomic mass is 35.5. The summed E-state index contributed by atoms with van der Waals surface area (Å²) in [6, 6.07) is 13.8. The molecule has 25 heavy (non-hydrogen) atoms. The SMILES string of the molecule is CC(C)Oc1ccc(/C=N\NC(=O)C(=O)Nc2ccccc2Cl)cc1. The number of hydrogen-bond donors (Lipinski definition) is 2. The Morgan fingerprint density at radius 3 is 2.40 bits per heavy atom. The van der Waals surface area contributed by atoms with E-state index in [1.165, 1.54) is 6.21 Å². The summed E-state index contributed by atoms with van der Waals surface area (Å²) in [4.78, 5) is 23.5. The van der Waals surface area contributed by atoms with Gasteiger partial charge < -0.3 is 10.1 Å². The zero-order valence-corrected chi connectivity index (χ0v) is 14.6. The van der Waals surface area contributed by atoms with Crippen molar-refractivity contribution >= 4 is 35.3 Å². The van der Waals surface area contributed by atoms with Crippen LogP contribution in [0.3, 0.4) is 0 Å². The van der Waals surface area contributed by atoms with Crippen molar-refractivity contribution in [1.82, 2.24) is 5.43 Å². The van der Waals surface area contributed by atoms with Crippen molar-refractivity contribution in [2.45, 2.75) is 20.0 Å². The van der Waals surface area contributed by atoms with Gasteiger partial charge in [-0.2, -0.15) is 5.10 Å². The highest BCUT2D eigenvalue weighted by Crippen LogP contribution is 2.20. The van der Waals surface area contributed by atoms with Gasteiger partial charge in [0.15, 0.2) is 0 Å². The number of ether oxygens (including phenoxy) is 1. The molecule has 0 bridgehead atoms. The second-order valence-electron chi connectivity index (χ2n) is 5.37. The summed E-state index contributed by atoms with van der Waals surface area (Å²) in [6.45, 7) is 3.89. The van der Waals surface area contributed by atoms with Gasteiger partial charge >= 0.3 is 11.8 Å². The van der Waals surface area contributed by atoms with Crippen LogP contribution in [0, 0.1) is 0 Å². The van der Waals surface area contributed by atoms with Crippen molar-refractivity contribution in [2.75, 3.05) is 5.32 Å². The molecule has 2 N–H and O–H groups in total. The molecule has 0 radical (unpaired) electrons. The number of halogens is 1. The molecule has 0 aliphatic carbocycles. The summed E-state index contributed by atoms with van der Waals surface area (Å²) in [5.74, 6) is -1.00. The highest BCUT2D eigenvalue weighted by Gasteiger charge is 2.14. The molecule has 2 aromatic rings. The number of anilines is 1. The lowest BCUT2D eigenvalue weighted by Crippen LogP contribution is -2.32. The number of carbonyl (C=O) groups is 2. The number of hydrazone groups is 1. The van der Waals surface area contributed by atoms with E-state index in [-0.39, 0.29) is 6.10 Å². The monoisotopic (exact) mass is 359 g/mol. The maximum absolute atomic E-state index is 11.8. The molecule has 2 rings (SSSR count). The standard InChI is InChI=1S/C18H18ClN3O3/c1-12(2)25-14-9-7-13(8-10-14)11-20-22-18(24)17(23)21-16-6-4-3-5-15(16)19/h3-12H,1-2H3,(H,21,23)(H,22,24)/b20-11-. The van der Waals surface area contributed by atoms with Crippen molar-refractivity contribution in [1.29, 1.82) is 0 Å². The van der Waals surface area contributed by atoms with Crippen LogP contribution in [0.25, 0.3) is 0 Å². The third kappa shape index (κ3) is 5.93. The maximum Gasteiger partial charge on any atom is 0.329 e. The Kier molecular flexibility index (Phi) is 6.54. The number of benzene rings is 2. The average molecular weight is 360 g/mol. The minimum absolute atomic E-state index is 0.0930. The number of para-hydroxylation sites is 1. The molecule has 0 spiro atoms. The molecular formula is C18H18ClN3O3. The van der Waals surface area contributed by atoms with Crippen LogP contribution < -0.4 is 15.5 Å². The molecular weight excluding hydrogens is 342 g/mol. The molecule has 130 valence electrons. The summed E-state index contributed by atoms with van der Waals surface area (Å²) in [6.07, 6.45) is 1.52. The lowest BCUT2D eigenvalue weighted by molar-refractivity contribution is -0.136. The van der Waals surface area contributed by atoms with Crippen LogP contribution in [0.5, 0.6) is 5.75 Å². The number of nitrogens with zero attached hydrogens (tertiary/aromatic N) is 1. The summed E-state index contributed by atoms with van der Waals surface area (Å²) in [5, 5.41) is 6.51. The van der Waals surface area contributed by atoms with E-state index >= 15 is 0 Å². The van der Waals surface area contributed by atoms with Gasteiger partial charge in [-0.1, -0.05) is 23.7 Å². The van der Waals surface area contributed by atoms with Gasteiger partial charge in [-0.05, 0) is 55.8 Å². The van der Waals surface area contributed by atoms with Gasteiger partial charge in [0.1, 0.15) is 5.75 Å². The van der Waals surface area contributed by atoms with Crippen LogP contribution in [0.2, 0.25) is 5.02 Å². The molecule has 0 aliphatic rings. The Morgan fingerprint density at radius 2 is 1.76 bits per heavy atom. The molecule has 6 nitrogen and oxygen atoms in total. The van der Waals surface area contributed by atoms with Crippen LogP contribution >= 0.6 is 11.6 Å². The van der Waals surface area contributed by atoms with Crippen LogP contribution in [0.1, 0.15) is 19.4 Å². The maximum atomic E-state index is 11.8. The molecule has 0 aliphatic heterocycles. The first-order chi connectivity index (χ1) is 12.0. The van der Waals surface area contributed by atoms with Crippen LogP contribution in [0.15, 0.2) is 53.6 Å². The number of nitrogens with one attached hydrogen (secondary N) is 2. The van der Waals surface area contributed by atoms with E-state index in [2.05, 4.69) is 15.8 Å². The molecule has 0 saturated heterocycles. The normalized spacial score (nSPS) is 10.7. The second kappa shape index (κ2) is 8.84.